The van der Waals surface area contributed by atoms with Crippen LogP contribution in [-0.4, -0.2) is 14.7 Å². The summed E-state index contributed by atoms with van der Waals surface area (Å²) in [6.45, 7) is 4.05. The van der Waals surface area contributed by atoms with Crippen LogP contribution >= 0.6 is 0 Å². The van der Waals surface area contributed by atoms with E-state index in [0.29, 0.717) is 4.91 Å². The highest BCUT2D eigenvalue weighted by Gasteiger charge is 2.14. The lowest BCUT2D eigenvalue weighted by molar-refractivity contribution is 0.608. The minimum absolute atomic E-state index is 0.0665. The molecule has 0 radical (unpaired) electrons. The van der Waals surface area contributed by atoms with Gasteiger partial charge in [-0.3, -0.25) is 0 Å². The lowest BCUT2D eigenvalue weighted by atomic mass is 9.93. The Labute approximate surface area is 79.6 Å². The molecule has 0 amide bonds. The second kappa shape index (κ2) is 3.14. The third-order valence-electron chi connectivity index (χ3n) is 1.89. The van der Waals surface area contributed by atoms with Crippen LogP contribution in [0.3, 0.4) is 0 Å². The molecule has 0 N–H and O–H groups in total. The number of sulfone groups is 1. The highest BCUT2D eigenvalue weighted by Crippen LogP contribution is 2.23. The van der Waals surface area contributed by atoms with E-state index in [1.165, 1.54) is 6.26 Å². The van der Waals surface area contributed by atoms with Crippen molar-refractivity contribution >= 4 is 9.84 Å². The highest BCUT2D eigenvalue weighted by molar-refractivity contribution is 7.94. The van der Waals surface area contributed by atoms with Gasteiger partial charge in [0, 0.05) is 11.7 Å². The smallest absolute Gasteiger partial charge is 0.175 e. The van der Waals surface area contributed by atoms with E-state index < -0.39 is 9.84 Å². The Balaban J connectivity index is 3.10. The molecule has 1 aliphatic carbocycles. The first kappa shape index (κ1) is 10.3. The molecule has 0 aliphatic heterocycles. The summed E-state index contributed by atoms with van der Waals surface area (Å²) in [5.41, 5.74) is -0.0665. The van der Waals surface area contributed by atoms with E-state index in [0.717, 1.165) is 0 Å². The van der Waals surface area contributed by atoms with Crippen LogP contribution in [0.4, 0.5) is 0 Å². The SMILES string of the molecule is CC1(C)C=CC=C(S(C)(=O)=O)C=C1. The summed E-state index contributed by atoms with van der Waals surface area (Å²) in [5, 5.41) is 0. The van der Waals surface area contributed by atoms with Gasteiger partial charge in [0.2, 0.25) is 0 Å². The van der Waals surface area contributed by atoms with Crippen LogP contribution in [0, 0.1) is 5.41 Å². The van der Waals surface area contributed by atoms with Crippen LogP contribution in [0.25, 0.3) is 0 Å². The second-order valence-electron chi connectivity index (χ2n) is 3.86. The van der Waals surface area contributed by atoms with Gasteiger partial charge in [0.05, 0.1) is 4.91 Å². The molecule has 0 heterocycles. The summed E-state index contributed by atoms with van der Waals surface area (Å²) in [7, 11) is -3.08. The second-order valence-corrected chi connectivity index (χ2v) is 5.87. The first-order valence-electron chi connectivity index (χ1n) is 4.10. The van der Waals surface area contributed by atoms with Gasteiger partial charge in [0.25, 0.3) is 0 Å². The van der Waals surface area contributed by atoms with Crippen LogP contribution in [0.15, 0.2) is 35.3 Å². The van der Waals surface area contributed by atoms with E-state index in [9.17, 15) is 8.42 Å². The molecular weight excluding hydrogens is 184 g/mol. The van der Waals surface area contributed by atoms with Crippen LogP contribution < -0.4 is 0 Å². The molecular formula is C10H14O2S. The zero-order valence-electron chi connectivity index (χ0n) is 8.11. The third-order valence-corrected chi connectivity index (χ3v) is 3.02. The van der Waals surface area contributed by atoms with Gasteiger partial charge in [0.1, 0.15) is 0 Å². The lowest BCUT2D eigenvalue weighted by Gasteiger charge is -2.12. The zero-order valence-corrected chi connectivity index (χ0v) is 8.93. The van der Waals surface area contributed by atoms with E-state index in [1.807, 2.05) is 26.0 Å². The van der Waals surface area contributed by atoms with Crippen LogP contribution in [0.5, 0.6) is 0 Å². The Morgan fingerprint density at radius 2 is 1.85 bits per heavy atom. The molecule has 1 aliphatic rings. The van der Waals surface area contributed by atoms with Crippen LogP contribution in [0.2, 0.25) is 0 Å². The molecule has 0 fully saturated rings. The molecule has 0 spiro atoms. The zero-order chi connectivity index (χ0) is 10.1. The van der Waals surface area contributed by atoms with Crippen LogP contribution in [-0.2, 0) is 9.84 Å². The van der Waals surface area contributed by atoms with Crippen molar-refractivity contribution in [2.45, 2.75) is 13.8 Å². The van der Waals surface area contributed by atoms with Crippen molar-refractivity contribution in [2.75, 3.05) is 6.26 Å². The van der Waals surface area contributed by atoms with E-state index in [1.54, 1.807) is 18.2 Å². The highest BCUT2D eigenvalue weighted by atomic mass is 32.2. The van der Waals surface area contributed by atoms with Crippen molar-refractivity contribution in [1.29, 1.82) is 0 Å². The number of allylic oxidation sites excluding steroid dienone is 5. The molecule has 0 saturated carbocycles. The average molecular weight is 198 g/mol. The maximum absolute atomic E-state index is 11.2. The Morgan fingerprint density at radius 1 is 1.23 bits per heavy atom. The standard InChI is InChI=1S/C10H14O2S/c1-10(2)7-4-5-9(6-8-10)13(3,11)12/h4-8H,1-3H3. The van der Waals surface area contributed by atoms with E-state index >= 15 is 0 Å². The summed E-state index contributed by atoms with van der Waals surface area (Å²) in [6, 6.07) is 0. The fourth-order valence-electron chi connectivity index (χ4n) is 1.05. The molecule has 72 valence electrons. The van der Waals surface area contributed by atoms with E-state index in [2.05, 4.69) is 0 Å². The lowest BCUT2D eigenvalue weighted by Crippen LogP contribution is -2.02. The fraction of sp³-hybridized carbons (Fsp3) is 0.400. The van der Waals surface area contributed by atoms with Crippen molar-refractivity contribution in [3.63, 3.8) is 0 Å². The minimum atomic E-state index is -3.08. The van der Waals surface area contributed by atoms with Gasteiger partial charge in [0.15, 0.2) is 9.84 Å². The molecule has 0 aromatic heterocycles. The minimum Gasteiger partial charge on any atom is -0.224 e. The van der Waals surface area contributed by atoms with Gasteiger partial charge in [-0.05, 0) is 12.2 Å². The number of rotatable bonds is 1. The summed E-state index contributed by atoms with van der Waals surface area (Å²) in [6.07, 6.45) is 10.2. The molecule has 13 heavy (non-hydrogen) atoms. The van der Waals surface area contributed by atoms with Crippen molar-refractivity contribution in [3.05, 3.63) is 35.3 Å². The number of hydrogen-bond donors (Lipinski definition) is 0. The monoisotopic (exact) mass is 198 g/mol. The van der Waals surface area contributed by atoms with Crippen molar-refractivity contribution < 1.29 is 8.42 Å². The molecule has 2 nitrogen and oxygen atoms in total. The molecule has 3 heteroatoms. The molecule has 0 unspecified atom stereocenters. The first-order chi connectivity index (χ1) is 5.81. The third kappa shape index (κ3) is 2.84. The number of hydrogen-bond acceptors (Lipinski definition) is 2. The Hall–Kier alpha value is -0.830. The predicted molar refractivity (Wildman–Crippen MR) is 55.0 cm³/mol. The normalized spacial score (nSPS) is 21.0. The van der Waals surface area contributed by atoms with Crippen molar-refractivity contribution in [2.24, 2.45) is 5.41 Å². The van der Waals surface area contributed by atoms with Crippen LogP contribution in [0.1, 0.15) is 13.8 Å². The van der Waals surface area contributed by atoms with E-state index in [-0.39, 0.29) is 5.41 Å². The van der Waals surface area contributed by atoms with Gasteiger partial charge in [-0.15, -0.1) is 0 Å². The quantitative estimate of drug-likeness (QED) is 0.646. The summed E-state index contributed by atoms with van der Waals surface area (Å²) < 4.78 is 22.4. The van der Waals surface area contributed by atoms with Crippen molar-refractivity contribution in [3.8, 4) is 0 Å². The Bertz CT molecular complexity index is 381. The summed E-state index contributed by atoms with van der Waals surface area (Å²) in [4.78, 5) is 0.370. The average Bonchev–Trinajstić information content (AvgIpc) is 2.08. The van der Waals surface area contributed by atoms with Gasteiger partial charge in [-0.25, -0.2) is 8.42 Å². The Morgan fingerprint density at radius 3 is 2.38 bits per heavy atom. The molecule has 0 aromatic rings. The fourth-order valence-corrected chi connectivity index (χ4v) is 1.69. The first-order valence-corrected chi connectivity index (χ1v) is 5.99. The molecule has 0 bridgehead atoms. The summed E-state index contributed by atoms with van der Waals surface area (Å²) in [5.74, 6) is 0. The molecule has 0 aromatic carbocycles. The van der Waals surface area contributed by atoms with Gasteiger partial charge >= 0.3 is 0 Å². The van der Waals surface area contributed by atoms with Gasteiger partial charge in [-0.2, -0.15) is 0 Å². The maximum Gasteiger partial charge on any atom is 0.175 e. The molecule has 0 saturated heterocycles. The largest absolute Gasteiger partial charge is 0.224 e. The maximum atomic E-state index is 11.2. The Kier molecular flexibility index (Phi) is 2.48. The summed E-state index contributed by atoms with van der Waals surface area (Å²) >= 11 is 0. The molecule has 1 rings (SSSR count). The predicted octanol–water partition coefficient (Wildman–Crippen LogP) is 2.07. The molecule has 0 atom stereocenters. The van der Waals surface area contributed by atoms with Gasteiger partial charge < -0.3 is 0 Å². The van der Waals surface area contributed by atoms with Crippen molar-refractivity contribution in [1.82, 2.24) is 0 Å². The van der Waals surface area contributed by atoms with E-state index in [4.69, 9.17) is 0 Å². The topological polar surface area (TPSA) is 34.1 Å². The van der Waals surface area contributed by atoms with Gasteiger partial charge in [-0.1, -0.05) is 32.1 Å².